The maximum atomic E-state index is 8.74. The van der Waals surface area contributed by atoms with Crippen LogP contribution in [0.5, 0.6) is 0 Å². The van der Waals surface area contributed by atoms with E-state index < -0.39 is 8.80 Å². The molecule has 6 nitrogen and oxygen atoms in total. The van der Waals surface area contributed by atoms with Crippen molar-refractivity contribution >= 4 is 24.7 Å². The topological polar surface area (TPSA) is 76.6 Å². The summed E-state index contributed by atoms with van der Waals surface area (Å²) in [4.78, 5) is 13.9. The first-order valence-electron chi connectivity index (χ1n) is 10.1. The van der Waals surface area contributed by atoms with Crippen LogP contribution < -0.4 is 0 Å². The third kappa shape index (κ3) is 5.72. The van der Waals surface area contributed by atoms with Gasteiger partial charge in [0.2, 0.25) is 0 Å². The van der Waals surface area contributed by atoms with Crippen LogP contribution in [0.15, 0.2) is 16.9 Å². The molecule has 0 aromatic carbocycles. The quantitative estimate of drug-likeness (QED) is 0.358. The minimum absolute atomic E-state index is 0.507. The second-order valence-electron chi connectivity index (χ2n) is 7.75. The van der Waals surface area contributed by atoms with Crippen molar-refractivity contribution in [2.75, 3.05) is 6.61 Å². The summed E-state index contributed by atoms with van der Waals surface area (Å²) in [6.45, 7) is 6.04. The van der Waals surface area contributed by atoms with Crippen LogP contribution in [0.25, 0.3) is 11.4 Å². The highest BCUT2D eigenvalue weighted by Gasteiger charge is 2.31. The molecule has 0 unspecified atom stereocenters. The molecule has 8 heteroatoms. The summed E-state index contributed by atoms with van der Waals surface area (Å²) in [6, 6.07) is 5.41. The van der Waals surface area contributed by atoms with E-state index in [4.69, 9.17) is 20.0 Å². The Morgan fingerprint density at radius 1 is 1.32 bits per heavy atom. The van der Waals surface area contributed by atoms with E-state index in [1.165, 1.54) is 18.9 Å². The van der Waals surface area contributed by atoms with Crippen molar-refractivity contribution in [1.82, 2.24) is 19.5 Å². The van der Waals surface area contributed by atoms with Crippen LogP contribution in [0.1, 0.15) is 49.7 Å². The molecule has 0 bridgehead atoms. The average molecular weight is 462 g/mol. The third-order valence-electron chi connectivity index (χ3n) is 4.82. The summed E-state index contributed by atoms with van der Waals surface area (Å²) >= 11 is 3.65. The predicted octanol–water partition coefficient (Wildman–Crippen LogP) is 4.68. The van der Waals surface area contributed by atoms with E-state index in [0.717, 1.165) is 47.1 Å². The largest absolute Gasteiger partial charge is 0.361 e. The molecule has 28 heavy (non-hydrogen) atoms. The molecule has 1 fully saturated rings. The molecule has 0 amide bonds. The van der Waals surface area contributed by atoms with Crippen molar-refractivity contribution < 1.29 is 4.74 Å². The zero-order valence-electron chi connectivity index (χ0n) is 16.7. The number of ether oxygens (including phenoxy) is 1. The lowest BCUT2D eigenvalue weighted by Gasteiger charge is -2.13. The van der Waals surface area contributed by atoms with Gasteiger partial charge in [-0.25, -0.2) is 15.0 Å². The van der Waals surface area contributed by atoms with Crippen molar-refractivity contribution in [1.29, 1.82) is 5.26 Å². The lowest BCUT2D eigenvalue weighted by molar-refractivity contribution is 0.0764. The van der Waals surface area contributed by atoms with E-state index in [2.05, 4.69) is 44.6 Å². The number of aryl methyl sites for hydroxylation is 1. The molecule has 0 saturated heterocycles. The molecule has 0 radical (unpaired) electrons. The lowest BCUT2D eigenvalue weighted by atomic mass is 10.2. The summed E-state index contributed by atoms with van der Waals surface area (Å²) in [7, 11) is -0.520. The summed E-state index contributed by atoms with van der Waals surface area (Å²) < 4.78 is 9.01. The first kappa shape index (κ1) is 21.2. The molecular weight excluding hydrogens is 434 g/mol. The number of unbranched alkanes of at least 4 members (excludes halogenated alkanes) is 1. The smallest absolute Gasteiger partial charge is 0.134 e. The van der Waals surface area contributed by atoms with Gasteiger partial charge in [0, 0.05) is 40.4 Å². The Bertz CT molecular complexity index is 828. The van der Waals surface area contributed by atoms with E-state index in [1.54, 1.807) is 6.20 Å². The Balaban J connectivity index is 1.78. The van der Waals surface area contributed by atoms with Crippen molar-refractivity contribution in [3.8, 4) is 17.5 Å². The van der Waals surface area contributed by atoms with Crippen molar-refractivity contribution in [2.45, 2.75) is 70.3 Å². The molecule has 1 saturated carbocycles. The maximum Gasteiger partial charge on any atom is 0.134 e. The number of rotatable bonds is 11. The van der Waals surface area contributed by atoms with Crippen LogP contribution in [0, 0.1) is 11.3 Å². The van der Waals surface area contributed by atoms with Gasteiger partial charge in [0.05, 0.1) is 11.8 Å². The van der Waals surface area contributed by atoms with E-state index in [1.807, 2.05) is 6.07 Å². The zero-order chi connectivity index (χ0) is 19.9. The minimum atomic E-state index is -0.520. The van der Waals surface area contributed by atoms with Gasteiger partial charge in [-0.05, 0) is 47.7 Å². The van der Waals surface area contributed by atoms with Gasteiger partial charge in [-0.15, -0.1) is 0 Å². The molecule has 0 atom stereocenters. The molecule has 2 heterocycles. The summed E-state index contributed by atoms with van der Waals surface area (Å²) in [5.74, 6) is 2.38. The predicted molar refractivity (Wildman–Crippen MR) is 116 cm³/mol. The van der Waals surface area contributed by atoms with Gasteiger partial charge < -0.3 is 9.30 Å². The highest BCUT2D eigenvalue weighted by Crippen LogP contribution is 2.42. The standard InChI is InChI=1S/C20H28BrN5OSi/c1-28(2)13-5-12-27-14-26-18(19(21)25-20(26)15-7-8-15)16-9-11-23-17(24-16)6-3-4-10-22/h9,11,15,28H,3-8,12-14H2,1-2H3. The van der Waals surface area contributed by atoms with Crippen LogP contribution in [-0.4, -0.2) is 34.9 Å². The Kier molecular flexibility index (Phi) is 7.77. The minimum Gasteiger partial charge on any atom is -0.361 e. The molecule has 2 aromatic rings. The van der Waals surface area contributed by atoms with Gasteiger partial charge in [0.15, 0.2) is 0 Å². The molecule has 2 aromatic heterocycles. The zero-order valence-corrected chi connectivity index (χ0v) is 19.4. The normalized spacial score (nSPS) is 13.8. The fraction of sp³-hybridized carbons (Fsp3) is 0.600. The maximum absolute atomic E-state index is 8.74. The van der Waals surface area contributed by atoms with Gasteiger partial charge in [-0.1, -0.05) is 19.1 Å². The molecule has 1 aliphatic rings. The number of imidazole rings is 1. The third-order valence-corrected chi connectivity index (χ3v) is 6.94. The van der Waals surface area contributed by atoms with Gasteiger partial charge in [-0.3, -0.25) is 0 Å². The Hall–Kier alpha value is -1.56. The first-order valence-corrected chi connectivity index (χ1v) is 14.0. The molecule has 150 valence electrons. The molecular formula is C20H28BrN5OSi. The monoisotopic (exact) mass is 461 g/mol. The van der Waals surface area contributed by atoms with E-state index in [-0.39, 0.29) is 0 Å². The highest BCUT2D eigenvalue weighted by atomic mass is 79.9. The molecule has 0 spiro atoms. The summed E-state index contributed by atoms with van der Waals surface area (Å²) in [5.41, 5.74) is 1.82. The number of halogens is 1. The van der Waals surface area contributed by atoms with Crippen LogP contribution in [0.4, 0.5) is 0 Å². The van der Waals surface area contributed by atoms with Crippen LogP contribution in [0.2, 0.25) is 19.1 Å². The van der Waals surface area contributed by atoms with Crippen molar-refractivity contribution in [3.05, 3.63) is 28.5 Å². The molecule has 0 aliphatic heterocycles. The van der Waals surface area contributed by atoms with Crippen molar-refractivity contribution in [2.24, 2.45) is 0 Å². The Labute approximate surface area is 177 Å². The van der Waals surface area contributed by atoms with Crippen molar-refractivity contribution in [3.63, 3.8) is 0 Å². The average Bonchev–Trinajstić information content (AvgIpc) is 3.45. The summed E-state index contributed by atoms with van der Waals surface area (Å²) in [6.07, 6.45) is 7.29. The lowest BCUT2D eigenvalue weighted by Crippen LogP contribution is -2.11. The Morgan fingerprint density at radius 2 is 2.14 bits per heavy atom. The van der Waals surface area contributed by atoms with Gasteiger partial charge in [-0.2, -0.15) is 5.26 Å². The number of nitriles is 1. The first-order chi connectivity index (χ1) is 13.6. The SMILES string of the molecule is C[SiH](C)CCCOCn1c(C2CC2)nc(Br)c1-c1ccnc(CCCC#N)n1. The van der Waals surface area contributed by atoms with Gasteiger partial charge >= 0.3 is 0 Å². The number of aromatic nitrogens is 4. The second kappa shape index (κ2) is 10.3. The second-order valence-corrected chi connectivity index (χ2v) is 11.9. The fourth-order valence-electron chi connectivity index (χ4n) is 3.19. The number of hydrogen-bond acceptors (Lipinski definition) is 5. The molecule has 3 rings (SSSR count). The van der Waals surface area contributed by atoms with E-state index in [0.29, 0.717) is 25.5 Å². The molecule has 0 N–H and O–H groups in total. The van der Waals surface area contributed by atoms with Crippen LogP contribution >= 0.6 is 15.9 Å². The molecule has 1 aliphatic carbocycles. The summed E-state index contributed by atoms with van der Waals surface area (Å²) in [5, 5.41) is 8.74. The number of nitrogens with zero attached hydrogens (tertiary/aromatic N) is 5. The fourth-order valence-corrected chi connectivity index (χ4v) is 4.78. The Morgan fingerprint density at radius 3 is 2.86 bits per heavy atom. The van der Waals surface area contributed by atoms with E-state index >= 15 is 0 Å². The van der Waals surface area contributed by atoms with Gasteiger partial charge in [0.25, 0.3) is 0 Å². The number of hydrogen-bond donors (Lipinski definition) is 0. The van der Waals surface area contributed by atoms with Crippen LogP contribution in [0.3, 0.4) is 0 Å². The van der Waals surface area contributed by atoms with Crippen LogP contribution in [-0.2, 0) is 17.9 Å². The van der Waals surface area contributed by atoms with Gasteiger partial charge in [0.1, 0.15) is 28.7 Å². The van der Waals surface area contributed by atoms with E-state index in [9.17, 15) is 0 Å². The highest BCUT2D eigenvalue weighted by molar-refractivity contribution is 9.10.